The third kappa shape index (κ3) is 4.39. The van der Waals surface area contributed by atoms with Gasteiger partial charge in [-0.1, -0.05) is 30.3 Å². The summed E-state index contributed by atoms with van der Waals surface area (Å²) in [6, 6.07) is 18.1. The van der Waals surface area contributed by atoms with Crippen LogP contribution in [0.15, 0.2) is 66.7 Å². The summed E-state index contributed by atoms with van der Waals surface area (Å²) in [6.07, 6.45) is 0. The molecule has 0 aliphatic rings. The van der Waals surface area contributed by atoms with Gasteiger partial charge in [0, 0.05) is 22.5 Å². The van der Waals surface area contributed by atoms with E-state index < -0.39 is 5.82 Å². The predicted octanol–water partition coefficient (Wildman–Crippen LogP) is 4.95. The van der Waals surface area contributed by atoms with Crippen molar-refractivity contribution >= 4 is 23.2 Å². The van der Waals surface area contributed by atoms with Crippen molar-refractivity contribution in [3.8, 4) is 0 Å². The fourth-order valence-electron chi connectivity index (χ4n) is 2.61. The van der Waals surface area contributed by atoms with Crippen molar-refractivity contribution in [3.05, 3.63) is 94.8 Å². The minimum atomic E-state index is -0.421. The molecule has 0 heterocycles. The zero-order valence-electron chi connectivity index (χ0n) is 15.0. The largest absolute Gasteiger partial charge is 0.322 e. The Labute approximate surface area is 157 Å². The molecule has 3 rings (SSSR count). The van der Waals surface area contributed by atoms with Crippen molar-refractivity contribution in [1.29, 1.82) is 0 Å². The molecule has 0 aromatic heterocycles. The van der Waals surface area contributed by atoms with Gasteiger partial charge >= 0.3 is 0 Å². The van der Waals surface area contributed by atoms with Crippen molar-refractivity contribution in [3.63, 3.8) is 0 Å². The summed E-state index contributed by atoms with van der Waals surface area (Å²) in [4.78, 5) is 24.9. The van der Waals surface area contributed by atoms with Gasteiger partial charge in [0.05, 0.1) is 0 Å². The molecule has 2 amide bonds. The van der Waals surface area contributed by atoms with Gasteiger partial charge in [-0.05, 0) is 61.4 Å². The first-order chi connectivity index (χ1) is 12.9. The molecule has 0 spiro atoms. The monoisotopic (exact) mass is 362 g/mol. The number of carbonyl (C=O) groups is 2. The van der Waals surface area contributed by atoms with Gasteiger partial charge in [0.25, 0.3) is 11.8 Å². The Balaban J connectivity index is 1.81. The molecule has 4 nitrogen and oxygen atoms in total. The normalized spacial score (nSPS) is 10.3. The van der Waals surface area contributed by atoms with E-state index >= 15 is 0 Å². The Morgan fingerprint density at radius 1 is 0.704 bits per heavy atom. The number of anilines is 2. The van der Waals surface area contributed by atoms with Crippen LogP contribution in [0.3, 0.4) is 0 Å². The fourth-order valence-corrected chi connectivity index (χ4v) is 2.61. The second kappa shape index (κ2) is 7.83. The van der Waals surface area contributed by atoms with Gasteiger partial charge < -0.3 is 10.6 Å². The molecule has 0 saturated heterocycles. The van der Waals surface area contributed by atoms with Crippen LogP contribution in [0.4, 0.5) is 15.8 Å². The van der Waals surface area contributed by atoms with Crippen molar-refractivity contribution in [2.24, 2.45) is 0 Å². The maximum atomic E-state index is 13.4. The number of amides is 2. The predicted molar refractivity (Wildman–Crippen MR) is 105 cm³/mol. The van der Waals surface area contributed by atoms with Crippen LogP contribution in [0.25, 0.3) is 0 Å². The van der Waals surface area contributed by atoms with E-state index in [-0.39, 0.29) is 11.8 Å². The smallest absolute Gasteiger partial charge is 0.255 e. The maximum absolute atomic E-state index is 13.4. The van der Waals surface area contributed by atoms with E-state index in [2.05, 4.69) is 10.6 Å². The summed E-state index contributed by atoms with van der Waals surface area (Å²) in [5.74, 6) is -1.05. The number of hydrogen-bond acceptors (Lipinski definition) is 2. The highest BCUT2D eigenvalue weighted by Crippen LogP contribution is 2.21. The zero-order valence-corrected chi connectivity index (χ0v) is 15.0. The van der Waals surface area contributed by atoms with Crippen LogP contribution in [-0.2, 0) is 0 Å². The number of halogens is 1. The average Bonchev–Trinajstić information content (AvgIpc) is 2.67. The first kappa shape index (κ1) is 18.3. The topological polar surface area (TPSA) is 58.2 Å². The number of aryl methyl sites for hydroxylation is 2. The first-order valence-corrected chi connectivity index (χ1v) is 8.48. The molecule has 3 aromatic carbocycles. The number of benzene rings is 3. The lowest BCUT2D eigenvalue weighted by atomic mass is 10.1. The SMILES string of the molecule is Cc1ccc(F)cc1NC(=O)c1ccc(C)c(NC(=O)c2ccccc2)c1. The lowest BCUT2D eigenvalue weighted by Crippen LogP contribution is -2.16. The lowest BCUT2D eigenvalue weighted by molar-refractivity contribution is 0.101. The molecule has 136 valence electrons. The van der Waals surface area contributed by atoms with Crippen molar-refractivity contribution < 1.29 is 14.0 Å². The Morgan fingerprint density at radius 3 is 1.93 bits per heavy atom. The molecule has 0 aliphatic heterocycles. The molecule has 0 atom stereocenters. The third-order valence-electron chi connectivity index (χ3n) is 4.23. The van der Waals surface area contributed by atoms with Gasteiger partial charge in [-0.15, -0.1) is 0 Å². The van der Waals surface area contributed by atoms with Gasteiger partial charge in [-0.2, -0.15) is 0 Å². The van der Waals surface area contributed by atoms with E-state index in [9.17, 15) is 14.0 Å². The molecular weight excluding hydrogens is 343 g/mol. The Kier molecular flexibility index (Phi) is 5.31. The molecule has 0 aliphatic carbocycles. The van der Waals surface area contributed by atoms with Crippen molar-refractivity contribution in [2.45, 2.75) is 13.8 Å². The average molecular weight is 362 g/mol. The van der Waals surface area contributed by atoms with Gasteiger partial charge in [-0.3, -0.25) is 9.59 Å². The summed E-state index contributed by atoms with van der Waals surface area (Å²) < 4.78 is 13.4. The molecule has 3 aromatic rings. The summed E-state index contributed by atoms with van der Waals surface area (Å²) in [6.45, 7) is 3.63. The van der Waals surface area contributed by atoms with Crippen molar-refractivity contribution in [1.82, 2.24) is 0 Å². The van der Waals surface area contributed by atoms with Crippen LogP contribution in [0, 0.1) is 19.7 Å². The van der Waals surface area contributed by atoms with E-state index in [0.29, 0.717) is 22.5 Å². The summed E-state index contributed by atoms with van der Waals surface area (Å²) in [7, 11) is 0. The second-order valence-corrected chi connectivity index (χ2v) is 6.26. The highest BCUT2D eigenvalue weighted by atomic mass is 19.1. The Morgan fingerprint density at radius 2 is 1.26 bits per heavy atom. The molecule has 5 heteroatoms. The summed E-state index contributed by atoms with van der Waals surface area (Å²) >= 11 is 0. The molecule has 27 heavy (non-hydrogen) atoms. The molecule has 0 bridgehead atoms. The van der Waals surface area contributed by atoms with E-state index in [1.807, 2.05) is 13.0 Å². The van der Waals surface area contributed by atoms with E-state index in [4.69, 9.17) is 0 Å². The zero-order chi connectivity index (χ0) is 19.4. The number of nitrogens with one attached hydrogen (secondary N) is 2. The summed E-state index contributed by atoms with van der Waals surface area (Å²) in [5, 5.41) is 5.53. The first-order valence-electron chi connectivity index (χ1n) is 8.48. The highest BCUT2D eigenvalue weighted by Gasteiger charge is 2.13. The van der Waals surface area contributed by atoms with Crippen LogP contribution in [0.5, 0.6) is 0 Å². The van der Waals surface area contributed by atoms with Crippen LogP contribution < -0.4 is 10.6 Å². The van der Waals surface area contributed by atoms with E-state index in [1.54, 1.807) is 55.5 Å². The van der Waals surface area contributed by atoms with Gasteiger partial charge in [0.1, 0.15) is 5.82 Å². The minimum absolute atomic E-state index is 0.253. The van der Waals surface area contributed by atoms with E-state index in [1.165, 1.54) is 12.1 Å². The second-order valence-electron chi connectivity index (χ2n) is 6.26. The quantitative estimate of drug-likeness (QED) is 0.690. The Hall–Kier alpha value is -3.47. The standard InChI is InChI=1S/C22H19FN2O2/c1-14-8-10-17(22(27)25-20-13-18(23)11-9-15(20)2)12-19(14)24-21(26)16-6-4-3-5-7-16/h3-13H,1-2H3,(H,24,26)(H,25,27). The van der Waals surface area contributed by atoms with Gasteiger partial charge in [-0.25, -0.2) is 4.39 Å². The molecule has 2 N–H and O–H groups in total. The number of hydrogen-bond donors (Lipinski definition) is 2. The van der Waals surface area contributed by atoms with Crippen LogP contribution >= 0.6 is 0 Å². The van der Waals surface area contributed by atoms with Crippen LogP contribution in [0.1, 0.15) is 31.8 Å². The lowest BCUT2D eigenvalue weighted by Gasteiger charge is -2.12. The highest BCUT2D eigenvalue weighted by molar-refractivity contribution is 6.08. The maximum Gasteiger partial charge on any atom is 0.255 e. The van der Waals surface area contributed by atoms with E-state index in [0.717, 1.165) is 11.1 Å². The van der Waals surface area contributed by atoms with Gasteiger partial charge in [0.2, 0.25) is 0 Å². The fraction of sp³-hybridized carbons (Fsp3) is 0.0909. The summed E-state index contributed by atoms with van der Waals surface area (Å²) in [5.41, 5.74) is 3.45. The molecule has 0 fully saturated rings. The van der Waals surface area contributed by atoms with Crippen molar-refractivity contribution in [2.75, 3.05) is 10.6 Å². The van der Waals surface area contributed by atoms with Crippen LogP contribution in [-0.4, -0.2) is 11.8 Å². The van der Waals surface area contributed by atoms with Crippen LogP contribution in [0.2, 0.25) is 0 Å². The molecule has 0 saturated carbocycles. The van der Waals surface area contributed by atoms with Gasteiger partial charge in [0.15, 0.2) is 0 Å². The number of carbonyl (C=O) groups excluding carboxylic acids is 2. The minimum Gasteiger partial charge on any atom is -0.322 e. The molecule has 0 unspecified atom stereocenters. The Bertz CT molecular complexity index is 1000. The third-order valence-corrected chi connectivity index (χ3v) is 4.23. The molecule has 0 radical (unpaired) electrons. The molecular formula is C22H19FN2O2. The number of rotatable bonds is 4.